The Morgan fingerprint density at radius 1 is 1.03 bits per heavy atom. The monoisotopic (exact) mass is 551 g/mol. The fourth-order valence-electron chi connectivity index (χ4n) is 4.42. The molecule has 0 atom stereocenters. The highest BCUT2D eigenvalue weighted by molar-refractivity contribution is 8.45. The van der Waals surface area contributed by atoms with E-state index in [4.69, 9.17) is 5.26 Å². The van der Waals surface area contributed by atoms with Crippen LogP contribution in [0.1, 0.15) is 38.7 Å². The maximum absolute atomic E-state index is 13.4. The Kier molecular flexibility index (Phi) is 5.43. The van der Waals surface area contributed by atoms with Crippen molar-refractivity contribution in [2.45, 2.75) is 24.7 Å². The van der Waals surface area contributed by atoms with Gasteiger partial charge in [-0.05, 0) is 49.2 Å². The fourth-order valence-corrected chi connectivity index (χ4v) is 5.12. The quantitative estimate of drug-likeness (QED) is 0.276. The van der Waals surface area contributed by atoms with Gasteiger partial charge in [0.25, 0.3) is 5.91 Å². The minimum atomic E-state index is -10.1. The Bertz CT molecular complexity index is 1650. The molecule has 1 amide bonds. The van der Waals surface area contributed by atoms with E-state index in [1.165, 1.54) is 6.07 Å². The summed E-state index contributed by atoms with van der Waals surface area (Å²) in [5.41, 5.74) is 8.75. The van der Waals surface area contributed by atoms with Gasteiger partial charge in [0.15, 0.2) is 0 Å². The normalized spacial score (nSPS) is 16.3. The van der Waals surface area contributed by atoms with E-state index in [0.717, 1.165) is 36.1 Å². The molecule has 1 aliphatic heterocycles. The van der Waals surface area contributed by atoms with Crippen LogP contribution < -0.4 is 16.2 Å². The molecular weight excluding hydrogens is 529 g/mol. The van der Waals surface area contributed by atoms with Crippen LogP contribution in [0.3, 0.4) is 0 Å². The molecule has 0 aliphatic carbocycles. The predicted octanol–water partition coefficient (Wildman–Crippen LogP) is 5.71. The summed E-state index contributed by atoms with van der Waals surface area (Å²) in [4.78, 5) is 10.6. The molecule has 0 unspecified atom stereocenters. The number of imidazole rings is 1. The van der Waals surface area contributed by atoms with Crippen LogP contribution in [0.4, 0.5) is 25.1 Å². The molecule has 1 aliphatic rings. The number of anilines is 1. The van der Waals surface area contributed by atoms with E-state index in [1.807, 2.05) is 17.6 Å². The zero-order valence-corrected chi connectivity index (χ0v) is 20.9. The van der Waals surface area contributed by atoms with Gasteiger partial charge in [0.05, 0.1) is 23.0 Å². The molecule has 3 heterocycles. The number of hydrogen-bond donors (Lipinski definition) is 3. The number of rotatable bonds is 5. The SMILES string of the molecule is Cc1cc(C)c(-n2ccn3nc(C4CNNC4)cc23)cc1NC(=O)c1cc(C#N)cc(S(F)(F)(F)(F)F)c1. The first kappa shape index (κ1) is 25.7. The molecule has 8 nitrogen and oxygen atoms in total. The van der Waals surface area contributed by atoms with Gasteiger partial charge >= 0.3 is 10.2 Å². The number of halogens is 5. The van der Waals surface area contributed by atoms with Gasteiger partial charge in [-0.3, -0.25) is 20.2 Å². The molecule has 1 saturated heterocycles. The number of nitrogens with zero attached hydrogens (tertiary/aromatic N) is 4. The number of hydrazine groups is 1. The summed E-state index contributed by atoms with van der Waals surface area (Å²) in [6, 6.07) is 7.74. The lowest BCUT2D eigenvalue weighted by molar-refractivity contribution is 0.102. The molecule has 38 heavy (non-hydrogen) atoms. The third-order valence-electron chi connectivity index (χ3n) is 6.37. The number of nitriles is 1. The minimum Gasteiger partial charge on any atom is -0.322 e. The summed E-state index contributed by atoms with van der Waals surface area (Å²) in [7, 11) is -10.1. The van der Waals surface area contributed by atoms with Crippen LogP contribution >= 0.6 is 10.2 Å². The lowest BCUT2D eigenvalue weighted by Crippen LogP contribution is -2.21. The van der Waals surface area contributed by atoms with Crippen molar-refractivity contribution in [1.29, 1.82) is 5.26 Å². The number of aromatic nitrogens is 3. The number of carbonyl (C=O) groups is 1. The molecule has 0 spiro atoms. The minimum absolute atomic E-state index is 0.0440. The zero-order chi connectivity index (χ0) is 27.5. The molecule has 2 aromatic carbocycles. The number of hydrogen-bond acceptors (Lipinski definition) is 5. The lowest BCUT2D eigenvalue weighted by atomic mass is 10.1. The Balaban J connectivity index is 1.51. The molecule has 4 aromatic rings. The smallest absolute Gasteiger partial charge is 0.310 e. The number of carbonyl (C=O) groups excluding carboxylic acids is 1. The number of amides is 1. The predicted molar refractivity (Wildman–Crippen MR) is 133 cm³/mol. The van der Waals surface area contributed by atoms with Gasteiger partial charge < -0.3 is 5.32 Å². The van der Waals surface area contributed by atoms with Gasteiger partial charge in [-0.15, -0.1) is 0 Å². The summed E-state index contributed by atoms with van der Waals surface area (Å²) in [5, 5.41) is 16.2. The van der Waals surface area contributed by atoms with E-state index in [0.29, 0.717) is 11.3 Å². The largest absolute Gasteiger partial charge is 0.322 e. The molecule has 3 N–H and O–H groups in total. The van der Waals surface area contributed by atoms with Crippen molar-refractivity contribution in [2.24, 2.45) is 0 Å². The third-order valence-corrected chi connectivity index (χ3v) is 7.50. The van der Waals surface area contributed by atoms with Crippen molar-refractivity contribution in [3.63, 3.8) is 0 Å². The van der Waals surface area contributed by atoms with Gasteiger partial charge in [-0.2, -0.15) is 10.4 Å². The summed E-state index contributed by atoms with van der Waals surface area (Å²) in [5.74, 6) is -0.869. The molecule has 0 bridgehead atoms. The van der Waals surface area contributed by atoms with Crippen molar-refractivity contribution < 1.29 is 24.2 Å². The van der Waals surface area contributed by atoms with E-state index < -0.39 is 32.2 Å². The van der Waals surface area contributed by atoms with Crippen molar-refractivity contribution in [3.05, 3.63) is 76.7 Å². The Morgan fingerprint density at radius 2 is 1.74 bits per heavy atom. The number of aryl methyl sites for hydroxylation is 2. The second-order valence-corrected chi connectivity index (χ2v) is 11.6. The van der Waals surface area contributed by atoms with Crippen LogP contribution in [0.2, 0.25) is 0 Å². The first-order valence-corrected chi connectivity index (χ1v) is 13.3. The Labute approximate surface area is 213 Å². The van der Waals surface area contributed by atoms with Crippen molar-refractivity contribution in [2.75, 3.05) is 18.4 Å². The summed E-state index contributed by atoms with van der Waals surface area (Å²) < 4.78 is 70.7. The maximum atomic E-state index is 13.4. The molecule has 2 aromatic heterocycles. The summed E-state index contributed by atoms with van der Waals surface area (Å²) >= 11 is 0. The highest BCUT2D eigenvalue weighted by atomic mass is 32.5. The standard InChI is InChI=1S/C24H22F5N7OS/c1-14-5-15(2)22(35-3-4-36-23(35)10-21(34-36)18-12-31-32-13-18)9-20(14)33-24(37)17-6-16(11-30)7-19(8-17)38(25,26,27,28)29/h3-10,18,31-32H,12-13H2,1-2H3,(H,33,37). The van der Waals surface area contributed by atoms with Crippen LogP contribution in [0.25, 0.3) is 11.3 Å². The van der Waals surface area contributed by atoms with E-state index in [9.17, 15) is 24.2 Å². The summed E-state index contributed by atoms with van der Waals surface area (Å²) in [6.45, 7) is 5.03. The number of fused-ring (bicyclic) bond motifs is 1. The van der Waals surface area contributed by atoms with Crippen LogP contribution in [0.5, 0.6) is 0 Å². The molecular formula is C24H22F5N7OS. The molecule has 0 radical (unpaired) electrons. The van der Waals surface area contributed by atoms with Gasteiger partial charge in [0.1, 0.15) is 10.5 Å². The van der Waals surface area contributed by atoms with Gasteiger partial charge in [0.2, 0.25) is 0 Å². The fraction of sp³-hybridized carbons (Fsp3) is 0.208. The van der Waals surface area contributed by atoms with Gasteiger partial charge in [0, 0.05) is 48.7 Å². The van der Waals surface area contributed by atoms with E-state index in [1.54, 1.807) is 36.0 Å². The van der Waals surface area contributed by atoms with Crippen LogP contribution in [-0.2, 0) is 0 Å². The molecule has 1 fully saturated rings. The second kappa shape index (κ2) is 8.03. The van der Waals surface area contributed by atoms with Crippen molar-refractivity contribution >= 4 is 27.5 Å². The molecule has 0 saturated carbocycles. The van der Waals surface area contributed by atoms with Crippen LogP contribution in [0.15, 0.2) is 53.7 Å². The van der Waals surface area contributed by atoms with Crippen molar-refractivity contribution in [3.8, 4) is 11.8 Å². The molecule has 14 heteroatoms. The first-order chi connectivity index (χ1) is 17.6. The van der Waals surface area contributed by atoms with E-state index >= 15 is 0 Å². The zero-order valence-electron chi connectivity index (χ0n) is 20.1. The highest BCUT2D eigenvalue weighted by Gasteiger charge is 2.65. The first-order valence-electron chi connectivity index (χ1n) is 11.4. The summed E-state index contributed by atoms with van der Waals surface area (Å²) in [6.07, 6.45) is 3.57. The molecule has 5 rings (SSSR count). The van der Waals surface area contributed by atoms with Crippen LogP contribution in [-0.4, -0.2) is 33.2 Å². The topological polar surface area (TPSA) is 99.2 Å². The van der Waals surface area contributed by atoms with Crippen LogP contribution in [0, 0.1) is 25.2 Å². The second-order valence-electron chi connectivity index (χ2n) is 9.23. The lowest BCUT2D eigenvalue weighted by Gasteiger charge is -2.40. The third kappa shape index (κ3) is 4.83. The number of nitrogens with one attached hydrogen (secondary N) is 3. The molecule has 200 valence electrons. The van der Waals surface area contributed by atoms with E-state index in [2.05, 4.69) is 21.3 Å². The Morgan fingerprint density at radius 3 is 2.39 bits per heavy atom. The Hall–Kier alpha value is -3.93. The van der Waals surface area contributed by atoms with Gasteiger partial charge in [-0.1, -0.05) is 25.5 Å². The number of benzene rings is 2. The maximum Gasteiger partial charge on any atom is 0.310 e. The van der Waals surface area contributed by atoms with E-state index in [-0.39, 0.29) is 23.7 Å². The van der Waals surface area contributed by atoms with Gasteiger partial charge in [-0.25, -0.2) is 4.52 Å². The average Bonchev–Trinajstić information content (AvgIpc) is 3.56. The highest BCUT2D eigenvalue weighted by Crippen LogP contribution is 3.02. The average molecular weight is 552 g/mol. The van der Waals surface area contributed by atoms with Crippen molar-refractivity contribution in [1.82, 2.24) is 25.0 Å².